The van der Waals surface area contributed by atoms with Crippen molar-refractivity contribution in [2.45, 2.75) is 38.5 Å². The lowest BCUT2D eigenvalue weighted by Crippen LogP contribution is -2.26. The molecule has 0 aliphatic heterocycles. The SMILES string of the molecule is Cc1ccc2c(c1)C1(c3ccccc3-c3cc(N(c4ccccc4-c4ccccc4)c4cccc5c4-c4ccccc4C5(C)C)ccc31)c1cc(C)ccc1-2. The molecule has 1 nitrogen and oxygen atoms in total. The maximum absolute atomic E-state index is 2.54. The topological polar surface area (TPSA) is 3.24 Å². The molecule has 0 unspecified atom stereocenters. The Morgan fingerprint density at radius 3 is 1.64 bits per heavy atom. The molecule has 8 aromatic rings. The molecule has 262 valence electrons. The van der Waals surface area contributed by atoms with E-state index in [9.17, 15) is 0 Å². The fourth-order valence-corrected chi connectivity index (χ4v) is 10.4. The van der Waals surface area contributed by atoms with Crippen molar-refractivity contribution in [2.75, 3.05) is 4.90 Å². The van der Waals surface area contributed by atoms with Gasteiger partial charge < -0.3 is 4.90 Å². The van der Waals surface area contributed by atoms with Crippen LogP contribution >= 0.6 is 0 Å². The van der Waals surface area contributed by atoms with Crippen LogP contribution in [0.15, 0.2) is 176 Å². The van der Waals surface area contributed by atoms with Gasteiger partial charge in [-0.25, -0.2) is 0 Å². The molecule has 8 aromatic carbocycles. The van der Waals surface area contributed by atoms with Crippen LogP contribution in [0.1, 0.15) is 58.4 Å². The highest BCUT2D eigenvalue weighted by Crippen LogP contribution is 2.64. The second-order valence-corrected chi connectivity index (χ2v) is 16.2. The zero-order valence-electron chi connectivity index (χ0n) is 31.7. The smallest absolute Gasteiger partial charge is 0.0725 e. The molecule has 11 rings (SSSR count). The van der Waals surface area contributed by atoms with Crippen LogP contribution in [-0.2, 0) is 10.8 Å². The first-order chi connectivity index (χ1) is 26.9. The second kappa shape index (κ2) is 11.5. The molecule has 0 aromatic heterocycles. The quantitative estimate of drug-likeness (QED) is 0.176. The molecule has 3 aliphatic rings. The van der Waals surface area contributed by atoms with Crippen LogP contribution in [0.2, 0.25) is 0 Å². The molecule has 0 bridgehead atoms. The predicted octanol–water partition coefficient (Wildman–Crippen LogP) is 14.1. The van der Waals surface area contributed by atoms with E-state index >= 15 is 0 Å². The maximum Gasteiger partial charge on any atom is 0.0725 e. The maximum atomic E-state index is 2.54. The minimum Gasteiger partial charge on any atom is -0.309 e. The Hall–Kier alpha value is -6.44. The van der Waals surface area contributed by atoms with Crippen LogP contribution in [-0.4, -0.2) is 0 Å². The zero-order chi connectivity index (χ0) is 37.1. The number of nitrogens with zero attached hydrogens (tertiary/aromatic N) is 1. The van der Waals surface area contributed by atoms with Crippen molar-refractivity contribution < 1.29 is 0 Å². The Morgan fingerprint density at radius 2 is 0.909 bits per heavy atom. The number of anilines is 3. The Balaban J connectivity index is 1.22. The van der Waals surface area contributed by atoms with Gasteiger partial charge in [-0.1, -0.05) is 177 Å². The first-order valence-corrected chi connectivity index (χ1v) is 19.5. The second-order valence-electron chi connectivity index (χ2n) is 16.2. The normalized spacial score (nSPS) is 14.5. The van der Waals surface area contributed by atoms with Gasteiger partial charge in [0.15, 0.2) is 0 Å². The van der Waals surface area contributed by atoms with Gasteiger partial charge in [0.2, 0.25) is 0 Å². The third kappa shape index (κ3) is 4.30. The molecule has 0 fully saturated rings. The first kappa shape index (κ1) is 32.0. The van der Waals surface area contributed by atoms with Gasteiger partial charge in [0, 0.05) is 22.2 Å². The van der Waals surface area contributed by atoms with Gasteiger partial charge in [0.05, 0.1) is 16.8 Å². The monoisotopic (exact) mass is 703 g/mol. The largest absolute Gasteiger partial charge is 0.309 e. The van der Waals surface area contributed by atoms with Crippen LogP contribution in [0.4, 0.5) is 17.1 Å². The highest BCUT2D eigenvalue weighted by molar-refractivity contribution is 6.00. The van der Waals surface area contributed by atoms with Crippen molar-refractivity contribution in [1.82, 2.24) is 0 Å². The molecule has 1 heteroatoms. The summed E-state index contributed by atoms with van der Waals surface area (Å²) >= 11 is 0. The number of benzene rings is 8. The Morgan fingerprint density at radius 1 is 0.364 bits per heavy atom. The summed E-state index contributed by atoms with van der Waals surface area (Å²) < 4.78 is 0. The van der Waals surface area contributed by atoms with Gasteiger partial charge in [-0.15, -0.1) is 0 Å². The minimum absolute atomic E-state index is 0.116. The third-order valence-electron chi connectivity index (χ3n) is 12.8. The van der Waals surface area contributed by atoms with Crippen LogP contribution < -0.4 is 4.90 Å². The van der Waals surface area contributed by atoms with Gasteiger partial charge in [-0.3, -0.25) is 0 Å². The summed E-state index contributed by atoms with van der Waals surface area (Å²) in [7, 11) is 0. The molecule has 55 heavy (non-hydrogen) atoms. The number of hydrogen-bond donors (Lipinski definition) is 0. The predicted molar refractivity (Wildman–Crippen MR) is 230 cm³/mol. The van der Waals surface area contributed by atoms with Gasteiger partial charge in [-0.2, -0.15) is 0 Å². The van der Waals surface area contributed by atoms with Crippen LogP contribution in [0.25, 0.3) is 44.5 Å². The average molecular weight is 704 g/mol. The third-order valence-corrected chi connectivity index (χ3v) is 12.8. The highest BCUT2D eigenvalue weighted by atomic mass is 15.1. The standard InChI is InChI=1S/C54H41N/c1-34-25-28-40-41-29-26-35(2)32-49(41)54(48(40)31-34)45-21-12-8-18-39(45)43-33-37(27-30-46(43)54)55(50-23-13-10-17-38(50)36-15-6-5-7-16-36)51-24-14-22-47-52(51)42-19-9-11-20-44(42)53(47,3)4/h5-33H,1-4H3. The number of hydrogen-bond acceptors (Lipinski definition) is 1. The first-order valence-electron chi connectivity index (χ1n) is 19.5. The van der Waals surface area contributed by atoms with Gasteiger partial charge in [-0.05, 0) is 105 Å². The average Bonchev–Trinajstić information content (AvgIpc) is 3.76. The molecular formula is C54H41N. The lowest BCUT2D eigenvalue weighted by atomic mass is 9.70. The molecule has 1 spiro atoms. The van der Waals surface area contributed by atoms with Crippen molar-refractivity contribution in [3.05, 3.63) is 220 Å². The fraction of sp³-hybridized carbons (Fsp3) is 0.111. The minimum atomic E-state index is -0.392. The number of rotatable bonds is 4. The van der Waals surface area contributed by atoms with Crippen LogP contribution in [0.5, 0.6) is 0 Å². The van der Waals surface area contributed by atoms with E-state index in [1.54, 1.807) is 0 Å². The summed E-state index contributed by atoms with van der Waals surface area (Å²) in [4.78, 5) is 2.54. The number of aryl methyl sites for hydroxylation is 2. The number of fused-ring (bicyclic) bond motifs is 13. The molecule has 0 amide bonds. The molecule has 0 heterocycles. The summed E-state index contributed by atoms with van der Waals surface area (Å²) in [6, 6.07) is 66.3. The number of para-hydroxylation sites is 1. The van der Waals surface area contributed by atoms with E-state index in [0.29, 0.717) is 0 Å². The van der Waals surface area contributed by atoms with Crippen molar-refractivity contribution in [1.29, 1.82) is 0 Å². The zero-order valence-corrected chi connectivity index (χ0v) is 31.7. The van der Waals surface area contributed by atoms with E-state index in [2.05, 4.69) is 209 Å². The molecule has 0 saturated heterocycles. The summed E-state index contributed by atoms with van der Waals surface area (Å²) in [5, 5.41) is 0. The van der Waals surface area contributed by atoms with Gasteiger partial charge in [0.1, 0.15) is 0 Å². The Kier molecular flexibility index (Phi) is 6.72. The van der Waals surface area contributed by atoms with E-state index in [1.165, 1.54) is 94.7 Å². The molecule has 0 N–H and O–H groups in total. The molecular weight excluding hydrogens is 663 g/mol. The van der Waals surface area contributed by atoms with E-state index in [4.69, 9.17) is 0 Å². The Bertz CT molecular complexity index is 2820. The van der Waals surface area contributed by atoms with Crippen LogP contribution in [0.3, 0.4) is 0 Å². The Labute approximate surface area is 324 Å². The lowest BCUT2D eigenvalue weighted by Gasteiger charge is -2.32. The fourth-order valence-electron chi connectivity index (χ4n) is 10.4. The van der Waals surface area contributed by atoms with Crippen molar-refractivity contribution >= 4 is 17.1 Å². The molecule has 0 radical (unpaired) electrons. The van der Waals surface area contributed by atoms with E-state index in [-0.39, 0.29) is 5.41 Å². The molecule has 0 saturated carbocycles. The van der Waals surface area contributed by atoms with Crippen molar-refractivity contribution in [3.63, 3.8) is 0 Å². The molecule has 3 aliphatic carbocycles. The molecule has 0 atom stereocenters. The van der Waals surface area contributed by atoms with E-state index < -0.39 is 5.41 Å². The van der Waals surface area contributed by atoms with Crippen molar-refractivity contribution in [3.8, 4) is 44.5 Å². The van der Waals surface area contributed by atoms with Gasteiger partial charge in [0.25, 0.3) is 0 Å². The summed E-state index contributed by atoms with van der Waals surface area (Å²) in [5.41, 5.74) is 24.1. The summed E-state index contributed by atoms with van der Waals surface area (Å²) in [5.74, 6) is 0. The van der Waals surface area contributed by atoms with Crippen LogP contribution in [0, 0.1) is 13.8 Å². The van der Waals surface area contributed by atoms with E-state index in [1.807, 2.05) is 0 Å². The highest BCUT2D eigenvalue weighted by Gasteiger charge is 2.52. The van der Waals surface area contributed by atoms with Crippen molar-refractivity contribution in [2.24, 2.45) is 0 Å². The lowest BCUT2D eigenvalue weighted by molar-refractivity contribution is 0.660. The summed E-state index contributed by atoms with van der Waals surface area (Å²) in [6.45, 7) is 9.20. The van der Waals surface area contributed by atoms with E-state index in [0.717, 1.165) is 11.4 Å². The van der Waals surface area contributed by atoms with Gasteiger partial charge >= 0.3 is 0 Å². The summed E-state index contributed by atoms with van der Waals surface area (Å²) in [6.07, 6.45) is 0.